The number of nitrogens with zero attached hydrogens (tertiary/aromatic N) is 4. The van der Waals surface area contributed by atoms with Crippen LogP contribution in [0.15, 0.2) is 66.9 Å². The number of alkyl halides is 5. The number of aromatic amines is 1. The first-order chi connectivity index (χ1) is 22.1. The van der Waals surface area contributed by atoms with Crippen LogP contribution >= 0.6 is 0 Å². The zero-order chi connectivity index (χ0) is 33.8. The van der Waals surface area contributed by atoms with Gasteiger partial charge in [0.15, 0.2) is 17.5 Å². The summed E-state index contributed by atoms with van der Waals surface area (Å²) in [6.07, 6.45) is -4.88. The van der Waals surface area contributed by atoms with Crippen LogP contribution in [0.1, 0.15) is 42.2 Å². The third-order valence-corrected chi connectivity index (χ3v) is 8.20. The maximum atomic E-state index is 14.4. The van der Waals surface area contributed by atoms with Crippen LogP contribution in [-0.2, 0) is 12.1 Å². The molecule has 14 heteroatoms. The second kappa shape index (κ2) is 11.8. The molecular formula is C33H27F8N5O. The van der Waals surface area contributed by atoms with Gasteiger partial charge in [-0.25, -0.2) is 31.9 Å². The third kappa shape index (κ3) is 6.21. The summed E-state index contributed by atoms with van der Waals surface area (Å²) in [4.78, 5) is 14.8. The maximum Gasteiger partial charge on any atom is 0.419 e. The minimum atomic E-state index is -4.78. The zero-order valence-corrected chi connectivity index (χ0v) is 24.9. The van der Waals surface area contributed by atoms with Gasteiger partial charge >= 0.3 is 6.18 Å². The molecular weight excluding hydrogens is 634 g/mol. The number of aliphatic hydroxyl groups excluding tert-OH is 1. The van der Waals surface area contributed by atoms with Gasteiger partial charge in [0.2, 0.25) is 5.95 Å². The summed E-state index contributed by atoms with van der Waals surface area (Å²) in [5.74, 6) is -8.18. The molecule has 2 atom stereocenters. The van der Waals surface area contributed by atoms with E-state index < -0.39 is 52.8 Å². The quantitative estimate of drug-likeness (QED) is 0.143. The largest absolute Gasteiger partial charge is 0.419 e. The number of hydrogen-bond acceptors (Lipinski definition) is 5. The van der Waals surface area contributed by atoms with Gasteiger partial charge in [-0.3, -0.25) is 0 Å². The molecule has 246 valence electrons. The van der Waals surface area contributed by atoms with E-state index in [2.05, 4.69) is 15.0 Å². The Hall–Kier alpha value is -4.72. The van der Waals surface area contributed by atoms with Gasteiger partial charge < -0.3 is 19.9 Å². The molecule has 0 saturated carbocycles. The molecule has 0 amide bonds. The second-order valence-electron chi connectivity index (χ2n) is 11.6. The summed E-state index contributed by atoms with van der Waals surface area (Å²) < 4.78 is 114. The molecule has 1 saturated heterocycles. The summed E-state index contributed by atoms with van der Waals surface area (Å²) in [5.41, 5.74) is -1.17. The molecule has 3 heterocycles. The molecule has 0 unspecified atom stereocenters. The number of piperazine rings is 1. The fraction of sp³-hybridized carbons (Fsp3) is 0.273. The van der Waals surface area contributed by atoms with Crippen LogP contribution in [0, 0.1) is 17.5 Å². The van der Waals surface area contributed by atoms with Crippen molar-refractivity contribution in [3.63, 3.8) is 0 Å². The summed E-state index contributed by atoms with van der Waals surface area (Å²) in [5, 5.41) is 10.7. The van der Waals surface area contributed by atoms with E-state index in [1.165, 1.54) is 11.1 Å². The first-order valence-electron chi connectivity index (χ1n) is 14.5. The van der Waals surface area contributed by atoms with Crippen molar-refractivity contribution in [1.82, 2.24) is 15.0 Å². The Bertz CT molecular complexity index is 1920. The molecule has 0 aliphatic carbocycles. The molecule has 3 aromatic carbocycles. The third-order valence-electron chi connectivity index (χ3n) is 8.20. The Morgan fingerprint density at radius 1 is 0.915 bits per heavy atom. The highest BCUT2D eigenvalue weighted by Crippen LogP contribution is 2.40. The number of imidazole rings is 1. The van der Waals surface area contributed by atoms with Gasteiger partial charge in [0.1, 0.15) is 11.9 Å². The van der Waals surface area contributed by atoms with E-state index in [9.17, 15) is 40.2 Å². The molecule has 0 spiro atoms. The molecule has 2 N–H and O–H groups in total. The first kappa shape index (κ1) is 32.2. The fourth-order valence-electron chi connectivity index (χ4n) is 5.80. The Morgan fingerprint density at radius 3 is 2.21 bits per heavy atom. The first-order valence-corrected chi connectivity index (χ1v) is 14.5. The van der Waals surface area contributed by atoms with Crippen LogP contribution < -0.4 is 9.80 Å². The highest BCUT2D eigenvalue weighted by atomic mass is 19.4. The van der Waals surface area contributed by atoms with Crippen molar-refractivity contribution in [1.29, 1.82) is 0 Å². The van der Waals surface area contributed by atoms with Crippen LogP contribution in [0.4, 0.5) is 46.9 Å². The number of aromatic nitrogens is 3. The van der Waals surface area contributed by atoms with Gasteiger partial charge in [-0.05, 0) is 48.4 Å². The van der Waals surface area contributed by atoms with E-state index in [1.807, 2.05) is 0 Å². The lowest BCUT2D eigenvalue weighted by Gasteiger charge is -2.41. The van der Waals surface area contributed by atoms with Gasteiger partial charge in [0.05, 0.1) is 16.6 Å². The van der Waals surface area contributed by atoms with Crippen LogP contribution in [0.3, 0.4) is 0 Å². The van der Waals surface area contributed by atoms with E-state index in [0.29, 0.717) is 24.6 Å². The Kier molecular flexibility index (Phi) is 8.10. The van der Waals surface area contributed by atoms with E-state index in [4.69, 9.17) is 0 Å². The van der Waals surface area contributed by atoms with Gasteiger partial charge in [0, 0.05) is 55.5 Å². The SMILES string of the molecule is C[C@@H]1CN(c2ncc([C@H](O)c3ccccc3)cc2C(F)(F)F)CCN1c1nc2c(-c3cc(F)c(F)c(F)c3)cc(C(C)(F)F)cc2[nH]1. The molecule has 1 aliphatic heterocycles. The molecule has 1 fully saturated rings. The van der Waals surface area contributed by atoms with E-state index in [1.54, 1.807) is 42.2 Å². The smallest absolute Gasteiger partial charge is 0.384 e. The zero-order valence-electron chi connectivity index (χ0n) is 24.9. The van der Waals surface area contributed by atoms with E-state index in [0.717, 1.165) is 18.2 Å². The van der Waals surface area contributed by atoms with Gasteiger partial charge in [-0.1, -0.05) is 30.3 Å². The number of fused-ring (bicyclic) bond motifs is 1. The van der Waals surface area contributed by atoms with Gasteiger partial charge in [-0.15, -0.1) is 0 Å². The van der Waals surface area contributed by atoms with Crippen LogP contribution in [0.2, 0.25) is 0 Å². The number of hydrogen-bond donors (Lipinski definition) is 2. The molecule has 1 aliphatic rings. The van der Waals surface area contributed by atoms with Crippen molar-refractivity contribution in [2.45, 2.75) is 38.1 Å². The number of anilines is 2. The van der Waals surface area contributed by atoms with Crippen molar-refractivity contribution in [2.75, 3.05) is 29.4 Å². The molecule has 0 bridgehead atoms. The van der Waals surface area contributed by atoms with Crippen LogP contribution in [0.25, 0.3) is 22.2 Å². The van der Waals surface area contributed by atoms with Crippen molar-refractivity contribution in [3.8, 4) is 11.1 Å². The topological polar surface area (TPSA) is 68.3 Å². The van der Waals surface area contributed by atoms with Crippen molar-refractivity contribution >= 4 is 22.8 Å². The lowest BCUT2D eigenvalue weighted by Crippen LogP contribution is -2.53. The van der Waals surface area contributed by atoms with E-state index >= 15 is 0 Å². The normalized spacial score (nSPS) is 16.6. The predicted octanol–water partition coefficient (Wildman–Crippen LogP) is 7.97. The van der Waals surface area contributed by atoms with Crippen LogP contribution in [0.5, 0.6) is 0 Å². The number of benzene rings is 3. The average molecular weight is 662 g/mol. The van der Waals surface area contributed by atoms with Gasteiger partial charge in [0.25, 0.3) is 5.92 Å². The Morgan fingerprint density at radius 2 is 1.60 bits per heavy atom. The summed E-state index contributed by atoms with van der Waals surface area (Å²) in [6, 6.07) is 12.2. The minimum Gasteiger partial charge on any atom is -0.384 e. The van der Waals surface area contributed by atoms with Crippen LogP contribution in [-0.4, -0.2) is 45.7 Å². The molecule has 5 aromatic rings. The fourth-order valence-corrected chi connectivity index (χ4v) is 5.80. The summed E-state index contributed by atoms with van der Waals surface area (Å²) >= 11 is 0. The monoisotopic (exact) mass is 661 g/mol. The number of rotatable bonds is 6. The number of H-pyrrole nitrogens is 1. The van der Waals surface area contributed by atoms with Crippen molar-refractivity contribution in [2.24, 2.45) is 0 Å². The van der Waals surface area contributed by atoms with Crippen molar-refractivity contribution in [3.05, 3.63) is 107 Å². The highest BCUT2D eigenvalue weighted by molar-refractivity contribution is 5.94. The maximum absolute atomic E-state index is 14.4. The number of halogens is 8. The molecule has 6 nitrogen and oxygen atoms in total. The second-order valence-corrected chi connectivity index (χ2v) is 11.6. The number of pyridine rings is 1. The molecule has 0 radical (unpaired) electrons. The molecule has 2 aromatic heterocycles. The standard InChI is InChI=1S/C33H27F8N5O/c1-17-16-45(30-23(33(39,40)41)10-20(15-42-30)29(47)18-6-4-3-5-7-18)8-9-46(17)31-43-26-14-21(32(2,37)38)13-22(28(26)44-31)19-11-24(34)27(36)25(35)12-19/h3-7,10-15,17,29,47H,8-9,16H2,1-2H3,(H,43,44)/t17-,29-/m1/s1. The lowest BCUT2D eigenvalue weighted by atomic mass is 9.98. The minimum absolute atomic E-state index is 0.0185. The highest BCUT2D eigenvalue weighted by Gasteiger charge is 2.39. The number of nitrogens with one attached hydrogen (secondary N) is 1. The van der Waals surface area contributed by atoms with Gasteiger partial charge in [-0.2, -0.15) is 13.2 Å². The summed E-state index contributed by atoms with van der Waals surface area (Å²) in [6.45, 7) is 2.66. The summed E-state index contributed by atoms with van der Waals surface area (Å²) in [7, 11) is 0. The average Bonchev–Trinajstić information content (AvgIpc) is 3.46. The number of aliphatic hydroxyl groups is 1. The lowest BCUT2D eigenvalue weighted by molar-refractivity contribution is -0.137. The predicted molar refractivity (Wildman–Crippen MR) is 160 cm³/mol. The molecule has 6 rings (SSSR count). The Labute approximate surface area is 263 Å². The molecule has 47 heavy (non-hydrogen) atoms. The Balaban J connectivity index is 1.32. The van der Waals surface area contributed by atoms with Crippen molar-refractivity contribution < 1.29 is 40.2 Å². The van der Waals surface area contributed by atoms with E-state index in [-0.39, 0.29) is 59.1 Å².